The van der Waals surface area contributed by atoms with E-state index in [2.05, 4.69) is 199 Å². The van der Waals surface area contributed by atoms with Gasteiger partial charge in [0.1, 0.15) is 0 Å². The molecule has 78 heavy (non-hydrogen) atoms. The monoisotopic (exact) mass is 996 g/mol. The van der Waals surface area contributed by atoms with Crippen molar-refractivity contribution in [3.8, 4) is 96.1 Å². The van der Waals surface area contributed by atoms with E-state index in [1.165, 1.54) is 27.8 Å². The van der Waals surface area contributed by atoms with Gasteiger partial charge in [-0.05, 0) is 125 Å². The molecule has 0 saturated carbocycles. The summed E-state index contributed by atoms with van der Waals surface area (Å²) < 4.78 is 4.84. The van der Waals surface area contributed by atoms with Crippen molar-refractivity contribution in [3.05, 3.63) is 271 Å². The molecule has 6 nitrogen and oxygen atoms in total. The number of aryl methyl sites for hydroxylation is 2. The summed E-state index contributed by atoms with van der Waals surface area (Å²) in [5.74, 6) is 1.74. The van der Waals surface area contributed by atoms with E-state index < -0.39 is 0 Å². The van der Waals surface area contributed by atoms with Crippen LogP contribution in [0, 0.1) is 25.2 Å². The van der Waals surface area contributed by atoms with Gasteiger partial charge in [-0.3, -0.25) is 0 Å². The van der Waals surface area contributed by atoms with E-state index in [-0.39, 0.29) is 0 Å². The first kappa shape index (κ1) is 46.1. The molecule has 0 radical (unpaired) electrons. The Kier molecular flexibility index (Phi) is 11.2. The third kappa shape index (κ3) is 7.84. The predicted molar refractivity (Wildman–Crippen MR) is 321 cm³/mol. The molecule has 0 N–H and O–H groups in total. The largest absolute Gasteiger partial charge is 0.309 e. The second kappa shape index (κ2) is 19.0. The summed E-state index contributed by atoms with van der Waals surface area (Å²) in [5.41, 5.74) is 20.5. The molecule has 0 aliphatic rings. The molecular weight excluding hydrogens is 949 g/mol. The Morgan fingerprint density at radius 3 is 1.27 bits per heavy atom. The maximum absolute atomic E-state index is 10.5. The van der Waals surface area contributed by atoms with Crippen LogP contribution in [0.1, 0.15) is 16.7 Å². The lowest BCUT2D eigenvalue weighted by Gasteiger charge is -2.21. The molecule has 0 amide bonds. The normalized spacial score (nSPS) is 11.4. The number of aromatic nitrogens is 5. The molecule has 0 unspecified atom stereocenters. The smallest absolute Gasteiger partial charge is 0.164 e. The van der Waals surface area contributed by atoms with Crippen molar-refractivity contribution in [3.63, 3.8) is 0 Å². The van der Waals surface area contributed by atoms with Gasteiger partial charge in [-0.15, -0.1) is 0 Å². The van der Waals surface area contributed by atoms with Crippen molar-refractivity contribution in [2.45, 2.75) is 13.8 Å². The first-order chi connectivity index (χ1) is 38.5. The number of nitrogens with zero attached hydrogens (tertiary/aromatic N) is 6. The molecule has 14 aromatic rings. The molecule has 0 spiro atoms. The van der Waals surface area contributed by atoms with Gasteiger partial charge in [0.05, 0.1) is 45.1 Å². The van der Waals surface area contributed by atoms with E-state index in [9.17, 15) is 5.26 Å². The Labute approximate surface area is 452 Å². The lowest BCUT2D eigenvalue weighted by Crippen LogP contribution is -2.04. The Hall–Kier alpha value is -10.5. The Bertz CT molecular complexity index is 4650. The number of para-hydroxylation sites is 2. The Morgan fingerprint density at radius 1 is 0.295 bits per heavy atom. The average Bonchev–Trinajstić information content (AvgIpc) is 4.02. The van der Waals surface area contributed by atoms with Gasteiger partial charge in [-0.25, -0.2) is 15.0 Å². The molecule has 0 aliphatic carbocycles. The fraction of sp³-hybridized carbons (Fsp3) is 0.0278. The number of hydrogen-bond donors (Lipinski definition) is 0. The van der Waals surface area contributed by atoms with Crippen LogP contribution in [0.4, 0.5) is 0 Å². The van der Waals surface area contributed by atoms with Crippen LogP contribution in [0.3, 0.4) is 0 Å². The van der Waals surface area contributed by atoms with Crippen LogP contribution in [-0.2, 0) is 0 Å². The van der Waals surface area contributed by atoms with Crippen molar-refractivity contribution in [2.75, 3.05) is 0 Å². The van der Waals surface area contributed by atoms with Gasteiger partial charge in [-0.2, -0.15) is 5.26 Å². The summed E-state index contributed by atoms with van der Waals surface area (Å²) in [6.45, 7) is 4.35. The van der Waals surface area contributed by atoms with Crippen LogP contribution < -0.4 is 0 Å². The van der Waals surface area contributed by atoms with E-state index in [4.69, 9.17) is 15.0 Å². The molecule has 0 bridgehead atoms. The van der Waals surface area contributed by atoms with E-state index in [0.29, 0.717) is 23.0 Å². The van der Waals surface area contributed by atoms with E-state index in [1.54, 1.807) is 0 Å². The number of hydrogen-bond acceptors (Lipinski definition) is 4. The minimum atomic E-state index is 0.558. The lowest BCUT2D eigenvalue weighted by molar-refractivity contribution is 1.07. The quantitative estimate of drug-likeness (QED) is 0.144. The van der Waals surface area contributed by atoms with Gasteiger partial charge < -0.3 is 9.13 Å². The zero-order chi connectivity index (χ0) is 52.3. The summed E-state index contributed by atoms with van der Waals surface area (Å²) in [6.07, 6.45) is 0. The molecular formula is C72H48N6. The highest BCUT2D eigenvalue weighted by molar-refractivity contribution is 6.13. The van der Waals surface area contributed by atoms with E-state index in [1.807, 2.05) is 84.9 Å². The minimum Gasteiger partial charge on any atom is -0.309 e. The van der Waals surface area contributed by atoms with Crippen molar-refractivity contribution in [1.82, 2.24) is 24.1 Å². The second-order valence-electron chi connectivity index (χ2n) is 20.0. The van der Waals surface area contributed by atoms with Crippen molar-refractivity contribution >= 4 is 43.6 Å². The molecule has 14 rings (SSSR count). The molecule has 3 aromatic heterocycles. The number of benzene rings is 11. The molecule has 6 heteroatoms. The maximum atomic E-state index is 10.5. The molecule has 11 aromatic carbocycles. The van der Waals surface area contributed by atoms with Crippen LogP contribution in [0.2, 0.25) is 0 Å². The molecule has 366 valence electrons. The van der Waals surface area contributed by atoms with Crippen molar-refractivity contribution in [2.24, 2.45) is 0 Å². The molecule has 3 heterocycles. The fourth-order valence-electron chi connectivity index (χ4n) is 11.6. The Morgan fingerprint density at radius 2 is 0.718 bits per heavy atom. The molecule has 0 saturated heterocycles. The van der Waals surface area contributed by atoms with E-state index >= 15 is 0 Å². The van der Waals surface area contributed by atoms with Gasteiger partial charge in [0.25, 0.3) is 0 Å². The van der Waals surface area contributed by atoms with Gasteiger partial charge in [0.15, 0.2) is 17.5 Å². The van der Waals surface area contributed by atoms with Gasteiger partial charge in [-0.1, -0.05) is 188 Å². The van der Waals surface area contributed by atoms with E-state index in [0.717, 1.165) is 99.5 Å². The van der Waals surface area contributed by atoms with Crippen LogP contribution in [0.15, 0.2) is 255 Å². The van der Waals surface area contributed by atoms with Crippen LogP contribution in [0.5, 0.6) is 0 Å². The molecule has 0 aliphatic heterocycles. The summed E-state index contributed by atoms with van der Waals surface area (Å²) in [4.78, 5) is 15.6. The zero-order valence-corrected chi connectivity index (χ0v) is 42.9. The lowest BCUT2D eigenvalue weighted by atomic mass is 9.93. The van der Waals surface area contributed by atoms with Gasteiger partial charge in [0.2, 0.25) is 0 Å². The molecule has 0 atom stereocenters. The Balaban J connectivity index is 1.09. The third-order valence-corrected chi connectivity index (χ3v) is 15.3. The summed E-state index contributed by atoms with van der Waals surface area (Å²) >= 11 is 0. The van der Waals surface area contributed by atoms with Crippen molar-refractivity contribution in [1.29, 1.82) is 5.26 Å². The number of fused-ring (bicyclic) bond motifs is 6. The molecule has 0 fully saturated rings. The highest BCUT2D eigenvalue weighted by atomic mass is 15.0. The predicted octanol–water partition coefficient (Wildman–Crippen LogP) is 18.2. The van der Waals surface area contributed by atoms with Crippen LogP contribution >= 0.6 is 0 Å². The van der Waals surface area contributed by atoms with Crippen LogP contribution in [-0.4, -0.2) is 24.1 Å². The highest BCUT2D eigenvalue weighted by Crippen LogP contribution is 2.45. The minimum absolute atomic E-state index is 0.558. The second-order valence-corrected chi connectivity index (χ2v) is 20.0. The average molecular weight is 997 g/mol. The summed E-state index contributed by atoms with van der Waals surface area (Å²) in [6, 6.07) is 92.3. The first-order valence-corrected chi connectivity index (χ1v) is 26.3. The fourth-order valence-corrected chi connectivity index (χ4v) is 11.6. The topological polar surface area (TPSA) is 72.3 Å². The van der Waals surface area contributed by atoms with Gasteiger partial charge >= 0.3 is 0 Å². The van der Waals surface area contributed by atoms with Crippen molar-refractivity contribution < 1.29 is 0 Å². The standard InChI is InChI=1S/C72H48N6/c1-46-19-9-12-26-55(46)50-34-38-66-61(41-50)58-29-15-17-31-64(58)77(66)67-40-36-53(72-75-70(48-21-5-3-6-22-48)74-71(76-72)49-23-7-4-8-24-49)43-63(67)60-37-33-52(57-28-14-11-25-54(57)45-73)44-69(60)78-65-32-18-16-30-59(65)62-42-51(35-39-68(62)78)56-27-13-10-20-47(56)2/h3-44H,1-2H3. The number of nitriles is 1. The van der Waals surface area contributed by atoms with Crippen LogP contribution in [0.25, 0.3) is 134 Å². The highest BCUT2D eigenvalue weighted by Gasteiger charge is 2.24. The van der Waals surface area contributed by atoms with Gasteiger partial charge in [0, 0.05) is 49.4 Å². The summed E-state index contributed by atoms with van der Waals surface area (Å²) in [7, 11) is 0. The maximum Gasteiger partial charge on any atom is 0.164 e. The zero-order valence-electron chi connectivity index (χ0n) is 42.9. The SMILES string of the molecule is Cc1ccccc1-c1ccc2c(c1)c1ccccc1n2-c1ccc(-c2nc(-c3ccccc3)nc(-c3ccccc3)n2)cc1-c1ccc(-c2ccccc2C#N)cc1-n1c2ccccc2c2cc(-c3ccccc3C)ccc21. The third-order valence-electron chi connectivity index (χ3n) is 15.3. The summed E-state index contributed by atoms with van der Waals surface area (Å²) in [5, 5.41) is 15.2. The first-order valence-electron chi connectivity index (χ1n) is 26.3. The number of rotatable bonds is 9.